The van der Waals surface area contributed by atoms with Gasteiger partial charge in [0.1, 0.15) is 6.61 Å². The standard InChI is InChI=1S/C11H20N2O2.C2H6/c1-2-12-15-8-10-4-6-11(9-14)5-3-7-13(10)11;1-2/h2,10,14H,3-9H2,1H3;1-2H3/b12-2+;/t10-,11-;/m0./s1. The Bertz CT molecular complexity index is 246. The molecule has 0 amide bonds. The van der Waals surface area contributed by atoms with Crippen molar-refractivity contribution in [2.24, 2.45) is 5.16 Å². The van der Waals surface area contributed by atoms with E-state index >= 15 is 0 Å². The summed E-state index contributed by atoms with van der Waals surface area (Å²) >= 11 is 0. The average molecular weight is 242 g/mol. The zero-order chi connectivity index (χ0) is 12.7. The van der Waals surface area contributed by atoms with Gasteiger partial charge in [0.05, 0.1) is 6.61 Å². The maximum Gasteiger partial charge on any atom is 0.132 e. The Balaban J connectivity index is 0.000000686. The topological polar surface area (TPSA) is 45.1 Å². The first kappa shape index (κ1) is 14.5. The van der Waals surface area contributed by atoms with Gasteiger partial charge in [-0.2, -0.15) is 0 Å². The Labute approximate surface area is 105 Å². The van der Waals surface area contributed by atoms with Gasteiger partial charge in [-0.3, -0.25) is 4.90 Å². The van der Waals surface area contributed by atoms with Gasteiger partial charge in [-0.25, -0.2) is 0 Å². The van der Waals surface area contributed by atoms with Crippen LogP contribution in [0.1, 0.15) is 46.5 Å². The molecule has 2 aliphatic rings. The number of aliphatic hydroxyl groups is 1. The summed E-state index contributed by atoms with van der Waals surface area (Å²) in [6, 6.07) is 0.448. The predicted molar refractivity (Wildman–Crippen MR) is 70.2 cm³/mol. The van der Waals surface area contributed by atoms with Crippen LogP contribution in [0.2, 0.25) is 0 Å². The zero-order valence-electron chi connectivity index (χ0n) is 11.4. The molecule has 2 atom stereocenters. The Hall–Kier alpha value is -0.610. The summed E-state index contributed by atoms with van der Waals surface area (Å²) in [5.41, 5.74) is 0.0734. The summed E-state index contributed by atoms with van der Waals surface area (Å²) in [6.45, 7) is 7.90. The fourth-order valence-electron chi connectivity index (χ4n) is 3.01. The van der Waals surface area contributed by atoms with E-state index in [-0.39, 0.29) is 5.54 Å². The molecule has 100 valence electrons. The largest absolute Gasteiger partial charge is 0.394 e. The van der Waals surface area contributed by atoms with Crippen molar-refractivity contribution < 1.29 is 9.94 Å². The summed E-state index contributed by atoms with van der Waals surface area (Å²) in [6.07, 6.45) is 6.23. The van der Waals surface area contributed by atoms with Crippen molar-refractivity contribution in [3.63, 3.8) is 0 Å². The molecule has 2 aliphatic heterocycles. The molecule has 0 aromatic heterocycles. The molecule has 0 bridgehead atoms. The molecule has 0 saturated carbocycles. The average Bonchev–Trinajstić information content (AvgIpc) is 2.92. The SMILES string of the molecule is C/C=N/OC[C@@H]1CC[C@]2(CO)CCCN12.CC. The van der Waals surface area contributed by atoms with Crippen LogP contribution < -0.4 is 0 Å². The van der Waals surface area contributed by atoms with Gasteiger partial charge in [0.25, 0.3) is 0 Å². The first-order valence-corrected chi connectivity index (χ1v) is 6.80. The number of rotatable bonds is 4. The highest BCUT2D eigenvalue weighted by Crippen LogP contribution is 2.41. The van der Waals surface area contributed by atoms with Crippen molar-refractivity contribution in [1.29, 1.82) is 0 Å². The molecule has 1 N–H and O–H groups in total. The van der Waals surface area contributed by atoms with E-state index in [1.54, 1.807) is 6.21 Å². The maximum atomic E-state index is 9.50. The highest BCUT2D eigenvalue weighted by Gasteiger charge is 2.48. The highest BCUT2D eigenvalue weighted by atomic mass is 16.6. The van der Waals surface area contributed by atoms with E-state index in [1.165, 1.54) is 6.42 Å². The van der Waals surface area contributed by atoms with Crippen LogP contribution in [0, 0.1) is 0 Å². The second kappa shape index (κ2) is 6.97. The van der Waals surface area contributed by atoms with E-state index in [2.05, 4.69) is 10.1 Å². The molecular weight excluding hydrogens is 216 g/mol. The Morgan fingerprint density at radius 2 is 2.24 bits per heavy atom. The number of hydrogen-bond acceptors (Lipinski definition) is 4. The molecule has 0 aromatic carbocycles. The van der Waals surface area contributed by atoms with Crippen molar-refractivity contribution in [3.05, 3.63) is 0 Å². The van der Waals surface area contributed by atoms with Gasteiger partial charge < -0.3 is 9.94 Å². The molecule has 0 radical (unpaired) electrons. The molecule has 4 heteroatoms. The van der Waals surface area contributed by atoms with Gasteiger partial charge in [0.2, 0.25) is 0 Å². The minimum Gasteiger partial charge on any atom is -0.394 e. The molecular formula is C13H26N2O2. The monoisotopic (exact) mass is 242 g/mol. The van der Waals surface area contributed by atoms with Crippen LogP contribution in [0.4, 0.5) is 0 Å². The van der Waals surface area contributed by atoms with E-state index < -0.39 is 0 Å². The van der Waals surface area contributed by atoms with Crippen molar-refractivity contribution in [2.45, 2.75) is 58.0 Å². The third-order valence-corrected chi connectivity index (χ3v) is 3.78. The van der Waals surface area contributed by atoms with E-state index in [9.17, 15) is 5.11 Å². The van der Waals surface area contributed by atoms with Gasteiger partial charge in [-0.1, -0.05) is 19.0 Å². The molecule has 0 aliphatic carbocycles. The molecule has 17 heavy (non-hydrogen) atoms. The molecule has 0 aromatic rings. The first-order chi connectivity index (χ1) is 8.32. The first-order valence-electron chi connectivity index (χ1n) is 6.80. The summed E-state index contributed by atoms with van der Waals surface area (Å²) < 4.78 is 0. The van der Waals surface area contributed by atoms with Crippen LogP contribution in [0.15, 0.2) is 5.16 Å². The van der Waals surface area contributed by atoms with Crippen molar-refractivity contribution in [1.82, 2.24) is 4.90 Å². The van der Waals surface area contributed by atoms with Gasteiger partial charge in [0.15, 0.2) is 0 Å². The third kappa shape index (κ3) is 2.99. The molecule has 0 unspecified atom stereocenters. The lowest BCUT2D eigenvalue weighted by Crippen LogP contribution is -2.46. The second-order valence-electron chi connectivity index (χ2n) is 4.53. The quantitative estimate of drug-likeness (QED) is 0.606. The lowest BCUT2D eigenvalue weighted by Gasteiger charge is -2.32. The number of hydrogen-bond donors (Lipinski definition) is 1. The number of nitrogens with zero attached hydrogens (tertiary/aromatic N) is 2. The van der Waals surface area contributed by atoms with Gasteiger partial charge in [-0.15, -0.1) is 0 Å². The highest BCUT2D eigenvalue weighted by molar-refractivity contribution is 5.52. The lowest BCUT2D eigenvalue weighted by atomic mass is 9.95. The Morgan fingerprint density at radius 3 is 2.88 bits per heavy atom. The Kier molecular flexibility index (Phi) is 5.92. The van der Waals surface area contributed by atoms with Gasteiger partial charge in [0, 0.05) is 17.8 Å². The lowest BCUT2D eigenvalue weighted by molar-refractivity contribution is 0.0354. The van der Waals surface area contributed by atoms with Crippen LogP contribution >= 0.6 is 0 Å². The van der Waals surface area contributed by atoms with Crippen LogP contribution in [0.25, 0.3) is 0 Å². The molecule has 2 fully saturated rings. The zero-order valence-corrected chi connectivity index (χ0v) is 11.4. The van der Waals surface area contributed by atoms with Crippen LogP contribution in [-0.4, -0.2) is 47.6 Å². The fourth-order valence-corrected chi connectivity index (χ4v) is 3.01. The Morgan fingerprint density at radius 1 is 1.47 bits per heavy atom. The summed E-state index contributed by atoms with van der Waals surface area (Å²) in [4.78, 5) is 7.64. The van der Waals surface area contributed by atoms with Crippen LogP contribution in [-0.2, 0) is 4.84 Å². The van der Waals surface area contributed by atoms with Crippen molar-refractivity contribution in [3.8, 4) is 0 Å². The van der Waals surface area contributed by atoms with Crippen LogP contribution in [0.3, 0.4) is 0 Å². The molecule has 0 spiro atoms. The van der Waals surface area contributed by atoms with E-state index in [0.29, 0.717) is 19.3 Å². The molecule has 2 saturated heterocycles. The van der Waals surface area contributed by atoms with E-state index in [4.69, 9.17) is 4.84 Å². The van der Waals surface area contributed by atoms with E-state index in [0.717, 1.165) is 25.8 Å². The summed E-state index contributed by atoms with van der Waals surface area (Å²) in [7, 11) is 0. The van der Waals surface area contributed by atoms with Gasteiger partial charge >= 0.3 is 0 Å². The van der Waals surface area contributed by atoms with Crippen molar-refractivity contribution >= 4 is 6.21 Å². The second-order valence-corrected chi connectivity index (χ2v) is 4.53. The smallest absolute Gasteiger partial charge is 0.132 e. The fraction of sp³-hybridized carbons (Fsp3) is 0.923. The molecule has 2 heterocycles. The number of aliphatic hydroxyl groups excluding tert-OH is 1. The summed E-state index contributed by atoms with van der Waals surface area (Å²) in [5, 5.41) is 13.3. The van der Waals surface area contributed by atoms with Crippen molar-refractivity contribution in [2.75, 3.05) is 19.8 Å². The minimum atomic E-state index is 0.0734. The molecule has 2 rings (SSSR count). The normalized spacial score (nSPS) is 32.4. The minimum absolute atomic E-state index is 0.0734. The van der Waals surface area contributed by atoms with Crippen LogP contribution in [0.5, 0.6) is 0 Å². The number of oxime groups is 1. The summed E-state index contributed by atoms with van der Waals surface area (Å²) in [5.74, 6) is 0. The third-order valence-electron chi connectivity index (χ3n) is 3.78. The molecule has 4 nitrogen and oxygen atoms in total. The predicted octanol–water partition coefficient (Wildman–Crippen LogP) is 2.02. The maximum absolute atomic E-state index is 9.50. The van der Waals surface area contributed by atoms with E-state index in [1.807, 2.05) is 20.8 Å². The van der Waals surface area contributed by atoms with Gasteiger partial charge in [-0.05, 0) is 39.2 Å². The number of fused-ring (bicyclic) bond motifs is 1.